The van der Waals surface area contributed by atoms with Gasteiger partial charge in [-0.15, -0.1) is 59.7 Å². The molecule has 4 heterocycles. The van der Waals surface area contributed by atoms with Gasteiger partial charge in [0.05, 0.1) is 5.52 Å². The van der Waals surface area contributed by atoms with Crippen LogP contribution >= 0.6 is 0 Å². The number of nitrogens with zero attached hydrogens (tertiary/aromatic N) is 3. The molecule has 4 heteroatoms. The molecule has 0 aliphatic rings. The average Bonchev–Trinajstić information content (AvgIpc) is 3.56. The molecule has 0 unspecified atom stereocenters. The molecule has 8 rings (SSSR count). The Hall–Kier alpha value is -4.37. The van der Waals surface area contributed by atoms with E-state index in [1.165, 1.54) is 49.2 Å². The molecule has 0 atom stereocenters. The number of rotatable bonds is 2. The van der Waals surface area contributed by atoms with Crippen LogP contribution < -0.4 is 0 Å². The van der Waals surface area contributed by atoms with E-state index in [1.807, 2.05) is 48.7 Å². The standard InChI is InChI=1S/C31H29N2.C11H8N.Ir/c1-30(2,3)20-13-14-32-26(18-20)19-11-12-28-23(15-19)25-17-21(31(4,5)6)16-24-22-9-7-8-10-27(22)33(28)29(24)25;1-2-6-10(7-3-1)11-8-4-5-9-12-11;/h7-10,12-18H,1-6H3;1-6,8-9H;/q2*-1;. The molecule has 0 fully saturated rings. The predicted octanol–water partition coefficient (Wildman–Crippen LogP) is 10.8. The number of hydrogen-bond donors (Lipinski definition) is 0. The third-order valence-electron chi connectivity index (χ3n) is 8.65. The van der Waals surface area contributed by atoms with Crippen LogP contribution in [-0.2, 0) is 30.9 Å². The molecule has 46 heavy (non-hydrogen) atoms. The van der Waals surface area contributed by atoms with Crippen molar-refractivity contribution in [2.24, 2.45) is 0 Å². The maximum absolute atomic E-state index is 4.70. The molecule has 0 amide bonds. The quantitative estimate of drug-likeness (QED) is 0.164. The van der Waals surface area contributed by atoms with E-state index in [2.05, 4.69) is 124 Å². The maximum atomic E-state index is 4.70. The van der Waals surface area contributed by atoms with E-state index in [-0.39, 0.29) is 30.9 Å². The van der Waals surface area contributed by atoms with Gasteiger partial charge in [-0.25, -0.2) is 0 Å². The number of aromatic nitrogens is 3. The van der Waals surface area contributed by atoms with Crippen molar-refractivity contribution in [2.45, 2.75) is 52.4 Å². The molecular weight excluding hydrogens is 739 g/mol. The molecule has 0 spiro atoms. The molecule has 0 saturated carbocycles. The van der Waals surface area contributed by atoms with Crippen molar-refractivity contribution in [1.82, 2.24) is 14.4 Å². The normalized spacial score (nSPS) is 12.0. The number of benzene rings is 4. The second-order valence-electron chi connectivity index (χ2n) is 13.8. The summed E-state index contributed by atoms with van der Waals surface area (Å²) in [6.07, 6.45) is 3.71. The molecular formula is C42H37IrN3-2. The Kier molecular flexibility index (Phi) is 8.31. The molecule has 0 N–H and O–H groups in total. The largest absolute Gasteiger partial charge is 0.350 e. The van der Waals surface area contributed by atoms with E-state index in [1.54, 1.807) is 6.20 Å². The number of pyridine rings is 2. The summed E-state index contributed by atoms with van der Waals surface area (Å²) in [5.74, 6) is 0. The summed E-state index contributed by atoms with van der Waals surface area (Å²) in [5, 5.41) is 5.22. The summed E-state index contributed by atoms with van der Waals surface area (Å²) in [4.78, 5) is 8.92. The van der Waals surface area contributed by atoms with Crippen LogP contribution in [-0.4, -0.2) is 14.4 Å². The smallest absolute Gasteiger partial charge is 0.0516 e. The van der Waals surface area contributed by atoms with Crippen LogP contribution in [0.2, 0.25) is 0 Å². The molecule has 0 bridgehead atoms. The zero-order valence-electron chi connectivity index (χ0n) is 27.1. The molecule has 1 radical (unpaired) electrons. The topological polar surface area (TPSA) is 30.2 Å². The predicted molar refractivity (Wildman–Crippen MR) is 189 cm³/mol. The van der Waals surface area contributed by atoms with Crippen molar-refractivity contribution in [2.75, 3.05) is 0 Å². The Morgan fingerprint density at radius 1 is 0.543 bits per heavy atom. The zero-order valence-corrected chi connectivity index (χ0v) is 29.5. The summed E-state index contributed by atoms with van der Waals surface area (Å²) < 4.78 is 2.42. The summed E-state index contributed by atoms with van der Waals surface area (Å²) in [7, 11) is 0. The minimum absolute atomic E-state index is 0. The van der Waals surface area contributed by atoms with Crippen LogP contribution in [0.25, 0.3) is 60.6 Å². The van der Waals surface area contributed by atoms with Crippen LogP contribution in [0.15, 0.2) is 116 Å². The molecule has 4 aromatic carbocycles. The van der Waals surface area contributed by atoms with Gasteiger partial charge in [-0.2, -0.15) is 0 Å². The van der Waals surface area contributed by atoms with Crippen LogP contribution in [0.1, 0.15) is 52.7 Å². The van der Waals surface area contributed by atoms with Gasteiger partial charge in [-0.05, 0) is 68.5 Å². The minimum Gasteiger partial charge on any atom is -0.350 e. The van der Waals surface area contributed by atoms with Crippen molar-refractivity contribution in [3.05, 3.63) is 139 Å². The fraction of sp³-hybridized carbons (Fsp3) is 0.190. The van der Waals surface area contributed by atoms with Crippen LogP contribution in [0.3, 0.4) is 0 Å². The van der Waals surface area contributed by atoms with Gasteiger partial charge in [-0.1, -0.05) is 89.4 Å². The molecule has 4 aromatic heterocycles. The Labute approximate surface area is 285 Å². The van der Waals surface area contributed by atoms with E-state index < -0.39 is 0 Å². The van der Waals surface area contributed by atoms with E-state index in [9.17, 15) is 0 Å². The van der Waals surface area contributed by atoms with Crippen molar-refractivity contribution < 1.29 is 20.1 Å². The van der Waals surface area contributed by atoms with Crippen LogP contribution in [0.5, 0.6) is 0 Å². The Morgan fingerprint density at radius 2 is 1.24 bits per heavy atom. The summed E-state index contributed by atoms with van der Waals surface area (Å²) >= 11 is 0. The van der Waals surface area contributed by atoms with Gasteiger partial charge in [0, 0.05) is 48.8 Å². The van der Waals surface area contributed by atoms with E-state index in [0.29, 0.717) is 0 Å². The summed E-state index contributed by atoms with van der Waals surface area (Å²) in [5.41, 5.74) is 10.6. The fourth-order valence-corrected chi connectivity index (χ4v) is 6.14. The Balaban J connectivity index is 0.000000241. The van der Waals surface area contributed by atoms with E-state index in [0.717, 1.165) is 22.5 Å². The van der Waals surface area contributed by atoms with Gasteiger partial charge >= 0.3 is 0 Å². The van der Waals surface area contributed by atoms with Crippen LogP contribution in [0, 0.1) is 12.1 Å². The zero-order chi connectivity index (χ0) is 31.3. The molecule has 3 nitrogen and oxygen atoms in total. The number of hydrogen-bond acceptors (Lipinski definition) is 2. The van der Waals surface area contributed by atoms with E-state index in [4.69, 9.17) is 4.98 Å². The first-order valence-electron chi connectivity index (χ1n) is 15.6. The number of fused-ring (bicyclic) bond motifs is 6. The second kappa shape index (κ2) is 12.1. The van der Waals surface area contributed by atoms with Crippen molar-refractivity contribution in [3.8, 4) is 22.5 Å². The first kappa shape index (κ1) is 31.6. The third kappa shape index (κ3) is 5.73. The minimum atomic E-state index is 0. The first-order chi connectivity index (χ1) is 21.6. The first-order valence-corrected chi connectivity index (χ1v) is 15.6. The SMILES string of the molecule is CC(C)(C)c1ccnc(-c2[c-]cc3c(c2)c2cc(C(C)(C)C)cc4c5ccccc5n3c24)c1.[Ir].[c-]1ccccc1-c1ccccn1. The van der Waals surface area contributed by atoms with Crippen LogP contribution in [0.4, 0.5) is 0 Å². The molecule has 0 saturated heterocycles. The van der Waals surface area contributed by atoms with E-state index >= 15 is 0 Å². The molecule has 231 valence electrons. The van der Waals surface area contributed by atoms with Gasteiger partial charge in [0.25, 0.3) is 0 Å². The van der Waals surface area contributed by atoms with Crippen molar-refractivity contribution in [3.63, 3.8) is 0 Å². The van der Waals surface area contributed by atoms with Gasteiger partial charge in [0.1, 0.15) is 0 Å². The van der Waals surface area contributed by atoms with Crippen molar-refractivity contribution in [1.29, 1.82) is 0 Å². The molecule has 0 aliphatic heterocycles. The maximum Gasteiger partial charge on any atom is 0.0516 e. The van der Waals surface area contributed by atoms with Gasteiger partial charge in [0.2, 0.25) is 0 Å². The van der Waals surface area contributed by atoms with Gasteiger partial charge in [0.15, 0.2) is 0 Å². The second-order valence-corrected chi connectivity index (χ2v) is 13.8. The monoisotopic (exact) mass is 776 g/mol. The summed E-state index contributed by atoms with van der Waals surface area (Å²) in [6.45, 7) is 13.6. The molecule has 0 aliphatic carbocycles. The molecule has 8 aromatic rings. The summed E-state index contributed by atoms with van der Waals surface area (Å²) in [6, 6.07) is 42.7. The average molecular weight is 776 g/mol. The third-order valence-corrected chi connectivity index (χ3v) is 8.65. The Morgan fingerprint density at radius 3 is 1.93 bits per heavy atom. The van der Waals surface area contributed by atoms with Crippen molar-refractivity contribution >= 4 is 38.1 Å². The Bertz CT molecular complexity index is 2230. The number of para-hydroxylation sites is 1. The van der Waals surface area contributed by atoms with Gasteiger partial charge < -0.3 is 14.4 Å². The fourth-order valence-electron chi connectivity index (χ4n) is 6.14. The van der Waals surface area contributed by atoms with Gasteiger partial charge in [-0.3, -0.25) is 0 Å².